The highest BCUT2D eigenvalue weighted by Gasteiger charge is 2.23. The molecule has 0 radical (unpaired) electrons. The van der Waals surface area contributed by atoms with Gasteiger partial charge in [-0.05, 0) is 94.6 Å². The Morgan fingerprint density at radius 1 is 0.981 bits per heavy atom. The van der Waals surface area contributed by atoms with Crippen LogP contribution in [-0.2, 0) is 4.79 Å². The molecule has 11 nitrogen and oxygen atoms in total. The number of hydrogen-bond acceptors (Lipinski definition) is 9. The minimum atomic E-state index is -0.433. The number of likely N-dealkylation sites (N-methyl/N-ethyl adjacent to an activating group) is 1. The summed E-state index contributed by atoms with van der Waals surface area (Å²) in [5.41, 5.74) is 5.06. The third-order valence-electron chi connectivity index (χ3n) is 9.19. The quantitative estimate of drug-likeness (QED) is 0.133. The van der Waals surface area contributed by atoms with E-state index in [1.807, 2.05) is 64.1 Å². The number of aromatic nitrogens is 2. The Hall–Kier alpha value is -5.13. The van der Waals surface area contributed by atoms with Crippen molar-refractivity contribution >= 4 is 52.5 Å². The Balaban J connectivity index is 1.42. The molecular weight excluding hydrogens is 678 g/mol. The summed E-state index contributed by atoms with van der Waals surface area (Å²) in [5, 5.41) is 6.84. The Labute approximate surface area is 311 Å². The highest BCUT2D eigenvalue weighted by Crippen LogP contribution is 2.35. The van der Waals surface area contributed by atoms with Crippen molar-refractivity contribution in [2.45, 2.75) is 47.6 Å². The van der Waals surface area contributed by atoms with Crippen LogP contribution in [0.4, 0.5) is 23.0 Å². The number of amides is 2. The van der Waals surface area contributed by atoms with Crippen molar-refractivity contribution < 1.29 is 19.1 Å². The van der Waals surface area contributed by atoms with Crippen molar-refractivity contribution in [2.24, 2.45) is 0 Å². The van der Waals surface area contributed by atoms with Crippen LogP contribution in [0.5, 0.6) is 17.4 Å². The van der Waals surface area contributed by atoms with Gasteiger partial charge >= 0.3 is 0 Å². The molecule has 2 N–H and O–H groups in total. The second-order valence-electron chi connectivity index (χ2n) is 12.9. The van der Waals surface area contributed by atoms with E-state index in [0.717, 1.165) is 48.6 Å². The highest BCUT2D eigenvalue weighted by atomic mass is 35.5. The number of hydrogen-bond donors (Lipinski definition) is 2. The molecule has 1 fully saturated rings. The van der Waals surface area contributed by atoms with Crippen LogP contribution in [0.25, 0.3) is 6.08 Å². The summed E-state index contributed by atoms with van der Waals surface area (Å²) in [7, 11) is 1.52. The second kappa shape index (κ2) is 17.4. The number of methoxy groups -OCH3 is 1. The lowest BCUT2D eigenvalue weighted by atomic mass is 10.1. The topological polar surface area (TPSA) is 112 Å². The third kappa shape index (κ3) is 9.20. The number of ether oxygens (including phenoxy) is 2. The zero-order chi connectivity index (χ0) is 37.4. The SMILES string of the molecule is CCN(CC)C(=O)C=Cc1ccc(Oc2nc(Nc3ccc(N4CCN(C(C)C)CC4)c(Cl)c3)ncc2C(=O)Nc2c(C)cccc2C)c(OC)c1. The average molecular weight is 726 g/mol. The van der Waals surface area contributed by atoms with Crippen molar-refractivity contribution in [2.75, 3.05) is 61.9 Å². The molecule has 1 saturated heterocycles. The summed E-state index contributed by atoms with van der Waals surface area (Å²) >= 11 is 6.80. The number of anilines is 4. The number of nitrogens with zero attached hydrogens (tertiary/aromatic N) is 5. The molecule has 0 spiro atoms. The number of carbonyl (C=O) groups is 2. The van der Waals surface area contributed by atoms with Crippen LogP contribution in [0, 0.1) is 13.8 Å². The minimum absolute atomic E-state index is 0.0188. The van der Waals surface area contributed by atoms with E-state index in [9.17, 15) is 9.59 Å². The first-order valence-electron chi connectivity index (χ1n) is 17.6. The molecule has 0 unspecified atom stereocenters. The molecule has 2 amide bonds. The Kier molecular flexibility index (Phi) is 12.7. The van der Waals surface area contributed by atoms with E-state index < -0.39 is 5.91 Å². The van der Waals surface area contributed by atoms with Gasteiger partial charge in [0.2, 0.25) is 17.7 Å². The maximum Gasteiger partial charge on any atom is 0.262 e. The van der Waals surface area contributed by atoms with Crippen molar-refractivity contribution in [1.82, 2.24) is 19.8 Å². The second-order valence-corrected chi connectivity index (χ2v) is 13.3. The first-order valence-corrected chi connectivity index (χ1v) is 18.0. The zero-order valence-corrected chi connectivity index (χ0v) is 31.8. The molecule has 0 saturated carbocycles. The van der Waals surface area contributed by atoms with E-state index in [4.69, 9.17) is 21.1 Å². The van der Waals surface area contributed by atoms with Crippen LogP contribution in [-0.4, -0.2) is 84.0 Å². The van der Waals surface area contributed by atoms with E-state index >= 15 is 0 Å². The van der Waals surface area contributed by atoms with Gasteiger partial charge in [0.1, 0.15) is 5.56 Å². The minimum Gasteiger partial charge on any atom is -0.493 e. The van der Waals surface area contributed by atoms with Crippen molar-refractivity contribution in [1.29, 1.82) is 0 Å². The first kappa shape index (κ1) is 38.1. The van der Waals surface area contributed by atoms with Gasteiger partial charge < -0.3 is 29.9 Å². The molecule has 4 aromatic rings. The van der Waals surface area contributed by atoms with Gasteiger partial charge in [-0.1, -0.05) is 35.9 Å². The number of piperazine rings is 1. The number of nitrogens with one attached hydrogen (secondary N) is 2. The Morgan fingerprint density at radius 3 is 2.33 bits per heavy atom. The van der Waals surface area contributed by atoms with Gasteiger partial charge in [0.25, 0.3) is 5.91 Å². The molecule has 3 aromatic carbocycles. The van der Waals surface area contributed by atoms with Gasteiger partial charge in [-0.3, -0.25) is 14.5 Å². The zero-order valence-electron chi connectivity index (χ0n) is 31.0. The Morgan fingerprint density at radius 2 is 1.69 bits per heavy atom. The predicted octanol–water partition coefficient (Wildman–Crippen LogP) is 7.96. The van der Waals surface area contributed by atoms with Gasteiger partial charge in [0, 0.05) is 69.0 Å². The van der Waals surface area contributed by atoms with Gasteiger partial charge in [-0.25, -0.2) is 4.98 Å². The lowest BCUT2D eigenvalue weighted by molar-refractivity contribution is -0.125. The molecule has 0 atom stereocenters. The molecule has 12 heteroatoms. The van der Waals surface area contributed by atoms with E-state index in [1.54, 1.807) is 29.2 Å². The lowest BCUT2D eigenvalue weighted by Gasteiger charge is -2.38. The molecular formula is C40H48ClN7O4. The molecule has 2 heterocycles. The summed E-state index contributed by atoms with van der Waals surface area (Å²) in [4.78, 5) is 41.9. The molecule has 274 valence electrons. The summed E-state index contributed by atoms with van der Waals surface area (Å²) in [6, 6.07) is 17.4. The normalized spacial score (nSPS) is 13.4. The molecule has 1 aromatic heterocycles. The third-order valence-corrected chi connectivity index (χ3v) is 9.50. The number of benzene rings is 3. The lowest BCUT2D eigenvalue weighted by Crippen LogP contribution is -2.49. The smallest absolute Gasteiger partial charge is 0.262 e. The van der Waals surface area contributed by atoms with Crippen molar-refractivity contribution in [3.63, 3.8) is 0 Å². The van der Waals surface area contributed by atoms with Crippen LogP contribution in [0.1, 0.15) is 54.7 Å². The van der Waals surface area contributed by atoms with E-state index in [2.05, 4.69) is 44.2 Å². The van der Waals surface area contributed by atoms with Crippen LogP contribution >= 0.6 is 11.6 Å². The van der Waals surface area contributed by atoms with Gasteiger partial charge in [-0.2, -0.15) is 4.98 Å². The fourth-order valence-electron chi connectivity index (χ4n) is 6.09. The molecule has 1 aliphatic rings. The van der Waals surface area contributed by atoms with Gasteiger partial charge in [-0.15, -0.1) is 0 Å². The summed E-state index contributed by atoms with van der Waals surface area (Å²) < 4.78 is 12.0. The van der Waals surface area contributed by atoms with Crippen molar-refractivity contribution in [3.05, 3.63) is 94.1 Å². The van der Waals surface area contributed by atoms with E-state index in [1.165, 1.54) is 19.4 Å². The standard InChI is InChI=1S/C40H48ClN7O4/c1-8-46(9-2)36(49)18-14-29-13-17-34(35(23-29)51-7)52-39-31(38(50)44-37-27(5)11-10-12-28(37)6)25-42-40(45-39)43-30-15-16-33(32(41)24-30)48-21-19-47(20-22-48)26(3)4/h10-18,23-26H,8-9,19-22H2,1-7H3,(H,44,50)(H,42,43,45). The van der Waals surface area contributed by atoms with Crippen LogP contribution in [0.3, 0.4) is 0 Å². The van der Waals surface area contributed by atoms with Gasteiger partial charge in [0.05, 0.1) is 17.8 Å². The molecule has 52 heavy (non-hydrogen) atoms. The van der Waals surface area contributed by atoms with E-state index in [0.29, 0.717) is 47.0 Å². The van der Waals surface area contributed by atoms with Crippen molar-refractivity contribution in [3.8, 4) is 17.4 Å². The molecule has 5 rings (SSSR count). The maximum atomic E-state index is 13.8. The fraction of sp³-hybridized carbons (Fsp3) is 0.350. The van der Waals surface area contributed by atoms with E-state index in [-0.39, 0.29) is 23.3 Å². The monoisotopic (exact) mass is 725 g/mol. The predicted molar refractivity (Wildman–Crippen MR) is 210 cm³/mol. The summed E-state index contributed by atoms with van der Waals surface area (Å²) in [6.07, 6.45) is 4.69. The summed E-state index contributed by atoms with van der Waals surface area (Å²) in [5.74, 6) is 0.433. The number of para-hydroxylation sites is 1. The first-order chi connectivity index (χ1) is 25.0. The number of carbonyl (C=O) groups excluding carboxylic acids is 2. The highest BCUT2D eigenvalue weighted by molar-refractivity contribution is 6.33. The molecule has 0 bridgehead atoms. The van der Waals surface area contributed by atoms with Crippen LogP contribution < -0.4 is 25.0 Å². The van der Waals surface area contributed by atoms with Crippen LogP contribution in [0.2, 0.25) is 5.02 Å². The fourth-order valence-corrected chi connectivity index (χ4v) is 6.39. The summed E-state index contributed by atoms with van der Waals surface area (Å²) in [6.45, 7) is 17.2. The number of halogens is 1. The molecule has 1 aliphatic heterocycles. The number of rotatable bonds is 13. The largest absolute Gasteiger partial charge is 0.493 e. The van der Waals surface area contributed by atoms with Crippen LogP contribution in [0.15, 0.2) is 66.9 Å². The Bertz CT molecular complexity index is 1900. The average Bonchev–Trinajstić information content (AvgIpc) is 3.13. The van der Waals surface area contributed by atoms with Gasteiger partial charge in [0.15, 0.2) is 11.5 Å². The molecule has 0 aliphatic carbocycles. The number of aryl methyl sites for hydroxylation is 2. The maximum absolute atomic E-state index is 13.8.